The van der Waals surface area contributed by atoms with E-state index in [4.69, 9.17) is 0 Å². The molecular weight excluding hydrogens is 230 g/mol. The Bertz CT molecular complexity index is 404. The van der Waals surface area contributed by atoms with E-state index in [0.717, 1.165) is 5.92 Å². The standard InChI is InChI=1S/C18H29N/c1-13-10-11-18(12-14(13)2)16(4)19-15(3)17-8-6-5-7-9-17/h10-12,15-17,19H,5-9H2,1-4H3/t15-,16?/m1/s1. The third-order valence-electron chi connectivity index (χ3n) is 4.90. The SMILES string of the molecule is Cc1ccc(C(C)N[C@H](C)C2CCCCC2)cc1C. The van der Waals surface area contributed by atoms with Gasteiger partial charge in [-0.2, -0.15) is 0 Å². The van der Waals surface area contributed by atoms with E-state index in [1.165, 1.54) is 48.8 Å². The van der Waals surface area contributed by atoms with E-state index < -0.39 is 0 Å². The molecule has 1 unspecified atom stereocenters. The first-order chi connectivity index (χ1) is 9.08. The van der Waals surface area contributed by atoms with E-state index in [1.54, 1.807) is 0 Å². The molecule has 2 rings (SSSR count). The van der Waals surface area contributed by atoms with E-state index in [1.807, 2.05) is 0 Å². The normalized spacial score (nSPS) is 20.2. The molecule has 1 aliphatic carbocycles. The zero-order valence-electron chi connectivity index (χ0n) is 13.0. The summed E-state index contributed by atoms with van der Waals surface area (Å²) in [6.45, 7) is 9.05. The van der Waals surface area contributed by atoms with Crippen LogP contribution < -0.4 is 5.32 Å². The van der Waals surface area contributed by atoms with Crippen molar-refractivity contribution in [3.63, 3.8) is 0 Å². The molecule has 0 bridgehead atoms. The molecule has 1 aliphatic rings. The predicted octanol–water partition coefficient (Wildman–Crippen LogP) is 4.92. The summed E-state index contributed by atoms with van der Waals surface area (Å²) in [5.41, 5.74) is 4.21. The molecule has 0 aromatic heterocycles. The van der Waals surface area contributed by atoms with Gasteiger partial charge in [0, 0.05) is 12.1 Å². The lowest BCUT2D eigenvalue weighted by atomic mass is 9.84. The summed E-state index contributed by atoms with van der Waals surface area (Å²) in [6.07, 6.45) is 7.11. The average molecular weight is 259 g/mol. The van der Waals surface area contributed by atoms with Crippen molar-refractivity contribution in [1.82, 2.24) is 5.32 Å². The fourth-order valence-corrected chi connectivity index (χ4v) is 3.29. The predicted molar refractivity (Wildman–Crippen MR) is 83.5 cm³/mol. The molecule has 0 aliphatic heterocycles. The number of nitrogens with one attached hydrogen (secondary N) is 1. The lowest BCUT2D eigenvalue weighted by molar-refractivity contribution is 0.268. The Hall–Kier alpha value is -0.820. The van der Waals surface area contributed by atoms with Crippen LogP contribution in [0.3, 0.4) is 0 Å². The highest BCUT2D eigenvalue weighted by Gasteiger charge is 2.21. The molecule has 0 heterocycles. The van der Waals surface area contributed by atoms with E-state index in [2.05, 4.69) is 51.2 Å². The summed E-state index contributed by atoms with van der Waals surface area (Å²) in [4.78, 5) is 0. The summed E-state index contributed by atoms with van der Waals surface area (Å²) >= 11 is 0. The Balaban J connectivity index is 1.95. The van der Waals surface area contributed by atoms with Crippen molar-refractivity contribution in [1.29, 1.82) is 0 Å². The molecule has 1 saturated carbocycles. The fraction of sp³-hybridized carbons (Fsp3) is 0.667. The van der Waals surface area contributed by atoms with Crippen molar-refractivity contribution in [2.75, 3.05) is 0 Å². The van der Waals surface area contributed by atoms with Gasteiger partial charge in [0.15, 0.2) is 0 Å². The summed E-state index contributed by atoms with van der Waals surface area (Å²) in [5, 5.41) is 3.81. The first-order valence-electron chi connectivity index (χ1n) is 7.91. The number of benzene rings is 1. The van der Waals surface area contributed by atoms with Crippen LogP contribution >= 0.6 is 0 Å². The van der Waals surface area contributed by atoms with Crippen LogP contribution in [-0.4, -0.2) is 6.04 Å². The van der Waals surface area contributed by atoms with E-state index in [0.29, 0.717) is 12.1 Å². The van der Waals surface area contributed by atoms with Gasteiger partial charge in [-0.25, -0.2) is 0 Å². The Morgan fingerprint density at radius 3 is 2.32 bits per heavy atom. The Morgan fingerprint density at radius 1 is 1.00 bits per heavy atom. The first-order valence-corrected chi connectivity index (χ1v) is 7.91. The molecule has 106 valence electrons. The van der Waals surface area contributed by atoms with Gasteiger partial charge in [-0.3, -0.25) is 0 Å². The number of rotatable bonds is 4. The summed E-state index contributed by atoms with van der Waals surface area (Å²) in [7, 11) is 0. The Morgan fingerprint density at radius 2 is 1.68 bits per heavy atom. The molecule has 1 aromatic carbocycles. The van der Waals surface area contributed by atoms with Gasteiger partial charge in [0.1, 0.15) is 0 Å². The maximum atomic E-state index is 3.81. The van der Waals surface area contributed by atoms with Crippen LogP contribution in [0.1, 0.15) is 68.7 Å². The number of aryl methyl sites for hydroxylation is 2. The number of hydrogen-bond acceptors (Lipinski definition) is 1. The van der Waals surface area contributed by atoms with E-state index in [9.17, 15) is 0 Å². The second-order valence-corrected chi connectivity index (χ2v) is 6.42. The Labute approximate surface area is 118 Å². The lowest BCUT2D eigenvalue weighted by Crippen LogP contribution is -2.36. The monoisotopic (exact) mass is 259 g/mol. The van der Waals surface area contributed by atoms with E-state index in [-0.39, 0.29) is 0 Å². The molecule has 1 heteroatoms. The fourth-order valence-electron chi connectivity index (χ4n) is 3.29. The summed E-state index contributed by atoms with van der Waals surface area (Å²) < 4.78 is 0. The molecule has 19 heavy (non-hydrogen) atoms. The van der Waals surface area contributed by atoms with Crippen molar-refractivity contribution >= 4 is 0 Å². The summed E-state index contributed by atoms with van der Waals surface area (Å²) in [6, 6.07) is 7.94. The zero-order valence-corrected chi connectivity index (χ0v) is 13.0. The number of hydrogen-bond donors (Lipinski definition) is 1. The first kappa shape index (κ1) is 14.6. The van der Waals surface area contributed by atoms with Gasteiger partial charge < -0.3 is 5.32 Å². The molecular formula is C18H29N. The topological polar surface area (TPSA) is 12.0 Å². The van der Waals surface area contributed by atoms with Crippen LogP contribution in [0.25, 0.3) is 0 Å². The smallest absolute Gasteiger partial charge is 0.0294 e. The van der Waals surface area contributed by atoms with Crippen molar-refractivity contribution < 1.29 is 0 Å². The maximum Gasteiger partial charge on any atom is 0.0294 e. The van der Waals surface area contributed by atoms with Gasteiger partial charge in [0.05, 0.1) is 0 Å². The minimum absolute atomic E-state index is 0.455. The highest BCUT2D eigenvalue weighted by atomic mass is 14.9. The second-order valence-electron chi connectivity index (χ2n) is 6.42. The molecule has 0 amide bonds. The van der Waals surface area contributed by atoms with Crippen LogP contribution in [0, 0.1) is 19.8 Å². The van der Waals surface area contributed by atoms with E-state index >= 15 is 0 Å². The molecule has 0 spiro atoms. The molecule has 0 radical (unpaired) electrons. The van der Waals surface area contributed by atoms with Crippen LogP contribution in [0.15, 0.2) is 18.2 Å². The molecule has 1 fully saturated rings. The average Bonchev–Trinajstić information content (AvgIpc) is 2.42. The molecule has 1 aromatic rings. The van der Waals surface area contributed by atoms with Gasteiger partial charge in [-0.15, -0.1) is 0 Å². The van der Waals surface area contributed by atoms with Crippen LogP contribution in [0.4, 0.5) is 0 Å². The quantitative estimate of drug-likeness (QED) is 0.809. The van der Waals surface area contributed by atoms with Crippen LogP contribution in [0.5, 0.6) is 0 Å². The zero-order chi connectivity index (χ0) is 13.8. The second kappa shape index (κ2) is 6.56. The van der Waals surface area contributed by atoms with Crippen LogP contribution in [0.2, 0.25) is 0 Å². The van der Waals surface area contributed by atoms with Gasteiger partial charge >= 0.3 is 0 Å². The molecule has 2 atom stereocenters. The minimum atomic E-state index is 0.455. The third-order valence-corrected chi connectivity index (χ3v) is 4.90. The molecule has 1 nitrogen and oxygen atoms in total. The summed E-state index contributed by atoms with van der Waals surface area (Å²) in [5.74, 6) is 0.878. The highest BCUT2D eigenvalue weighted by molar-refractivity contribution is 5.31. The van der Waals surface area contributed by atoms with Crippen molar-refractivity contribution in [3.8, 4) is 0 Å². The Kier molecular flexibility index (Phi) is 5.04. The van der Waals surface area contributed by atoms with Crippen molar-refractivity contribution in [2.24, 2.45) is 5.92 Å². The van der Waals surface area contributed by atoms with Crippen molar-refractivity contribution in [2.45, 2.75) is 71.9 Å². The maximum absolute atomic E-state index is 3.81. The lowest BCUT2D eigenvalue weighted by Gasteiger charge is -2.31. The third kappa shape index (κ3) is 3.82. The van der Waals surface area contributed by atoms with Gasteiger partial charge in [-0.1, -0.05) is 37.5 Å². The molecule has 1 N–H and O–H groups in total. The minimum Gasteiger partial charge on any atom is -0.307 e. The molecule has 0 saturated heterocycles. The largest absolute Gasteiger partial charge is 0.307 e. The highest BCUT2D eigenvalue weighted by Crippen LogP contribution is 2.28. The van der Waals surface area contributed by atoms with Gasteiger partial charge in [-0.05, 0) is 63.1 Å². The van der Waals surface area contributed by atoms with Crippen LogP contribution in [-0.2, 0) is 0 Å². The van der Waals surface area contributed by atoms with Crippen molar-refractivity contribution in [3.05, 3.63) is 34.9 Å². The van der Waals surface area contributed by atoms with Gasteiger partial charge in [0.25, 0.3) is 0 Å². The van der Waals surface area contributed by atoms with Gasteiger partial charge in [0.2, 0.25) is 0 Å².